The summed E-state index contributed by atoms with van der Waals surface area (Å²) in [5, 5.41) is 1.28. The molecule has 1 fully saturated rings. The first kappa shape index (κ1) is 10.7. The standard InChI is InChI=1S/C15H16N2S/c16-12-7-3-6-11(12)15-17-14-10-5-2-1-4-9(10)8-13(14)18-15/h1-2,4-5,11-12H,3,6-8,16H2. The van der Waals surface area contributed by atoms with Crippen molar-refractivity contribution in [3.63, 3.8) is 0 Å². The van der Waals surface area contributed by atoms with Crippen LogP contribution < -0.4 is 5.73 Å². The molecule has 2 aliphatic rings. The molecule has 18 heavy (non-hydrogen) atoms. The van der Waals surface area contributed by atoms with Gasteiger partial charge >= 0.3 is 0 Å². The fraction of sp³-hybridized carbons (Fsp3) is 0.400. The third-order valence-corrected chi connectivity index (χ3v) is 5.41. The van der Waals surface area contributed by atoms with Crippen LogP contribution in [0.4, 0.5) is 0 Å². The van der Waals surface area contributed by atoms with Gasteiger partial charge in [-0.1, -0.05) is 30.7 Å². The summed E-state index contributed by atoms with van der Waals surface area (Å²) in [5.74, 6) is 0.507. The predicted octanol–water partition coefficient (Wildman–Crippen LogP) is 3.31. The van der Waals surface area contributed by atoms with Crippen molar-refractivity contribution in [2.75, 3.05) is 0 Å². The van der Waals surface area contributed by atoms with Gasteiger partial charge in [0.05, 0.1) is 10.7 Å². The number of thiazole rings is 1. The molecule has 0 aliphatic heterocycles. The van der Waals surface area contributed by atoms with E-state index in [1.54, 1.807) is 0 Å². The maximum atomic E-state index is 6.19. The van der Waals surface area contributed by atoms with Gasteiger partial charge in [-0.3, -0.25) is 0 Å². The van der Waals surface area contributed by atoms with E-state index in [4.69, 9.17) is 10.7 Å². The normalized spacial score (nSPS) is 25.2. The van der Waals surface area contributed by atoms with E-state index >= 15 is 0 Å². The van der Waals surface area contributed by atoms with Gasteiger partial charge in [0.2, 0.25) is 0 Å². The molecule has 2 aromatic rings. The van der Waals surface area contributed by atoms with Gasteiger partial charge in [-0.25, -0.2) is 4.98 Å². The summed E-state index contributed by atoms with van der Waals surface area (Å²) in [7, 11) is 0. The Morgan fingerprint density at radius 1 is 1.22 bits per heavy atom. The number of nitrogens with zero attached hydrogens (tertiary/aromatic N) is 1. The maximum Gasteiger partial charge on any atom is 0.0981 e. The molecule has 0 radical (unpaired) electrons. The lowest BCUT2D eigenvalue weighted by Gasteiger charge is -2.11. The fourth-order valence-electron chi connectivity index (χ4n) is 3.23. The Hall–Kier alpha value is -1.19. The minimum Gasteiger partial charge on any atom is -0.327 e. The number of nitrogens with two attached hydrogens (primary N) is 1. The van der Waals surface area contributed by atoms with E-state index in [-0.39, 0.29) is 0 Å². The van der Waals surface area contributed by atoms with Crippen LogP contribution in [-0.4, -0.2) is 11.0 Å². The van der Waals surface area contributed by atoms with Crippen LogP contribution in [0.5, 0.6) is 0 Å². The van der Waals surface area contributed by atoms with E-state index in [2.05, 4.69) is 24.3 Å². The Balaban J connectivity index is 1.76. The van der Waals surface area contributed by atoms with Crippen molar-refractivity contribution in [2.45, 2.75) is 37.6 Å². The lowest BCUT2D eigenvalue weighted by Crippen LogP contribution is -2.22. The van der Waals surface area contributed by atoms with Crippen LogP contribution in [-0.2, 0) is 6.42 Å². The summed E-state index contributed by atoms with van der Waals surface area (Å²) in [5.41, 5.74) is 10.2. The average Bonchev–Trinajstić information content (AvgIpc) is 3.01. The molecule has 2 aliphatic carbocycles. The van der Waals surface area contributed by atoms with Crippen molar-refractivity contribution >= 4 is 11.3 Å². The third kappa shape index (κ3) is 1.47. The van der Waals surface area contributed by atoms with Crippen LogP contribution in [0.15, 0.2) is 24.3 Å². The molecule has 0 bridgehead atoms. The quantitative estimate of drug-likeness (QED) is 0.725. The van der Waals surface area contributed by atoms with Crippen molar-refractivity contribution in [3.8, 4) is 11.3 Å². The second-order valence-corrected chi connectivity index (χ2v) is 6.47. The van der Waals surface area contributed by atoms with Crippen molar-refractivity contribution in [1.29, 1.82) is 0 Å². The van der Waals surface area contributed by atoms with Crippen molar-refractivity contribution in [1.82, 2.24) is 4.98 Å². The highest BCUT2D eigenvalue weighted by molar-refractivity contribution is 7.12. The highest BCUT2D eigenvalue weighted by Gasteiger charge is 2.31. The SMILES string of the molecule is NC1CCCC1c1nc2c(s1)Cc1ccccc1-2. The van der Waals surface area contributed by atoms with Crippen molar-refractivity contribution in [3.05, 3.63) is 39.7 Å². The van der Waals surface area contributed by atoms with Crippen LogP contribution in [0.25, 0.3) is 11.3 Å². The lowest BCUT2D eigenvalue weighted by molar-refractivity contribution is 0.610. The summed E-state index contributed by atoms with van der Waals surface area (Å²) >= 11 is 1.89. The number of fused-ring (bicyclic) bond motifs is 3. The molecule has 3 heteroatoms. The zero-order chi connectivity index (χ0) is 12.1. The van der Waals surface area contributed by atoms with E-state index in [0.29, 0.717) is 12.0 Å². The topological polar surface area (TPSA) is 38.9 Å². The lowest BCUT2D eigenvalue weighted by atomic mass is 10.1. The molecule has 2 N–H and O–H groups in total. The highest BCUT2D eigenvalue weighted by atomic mass is 32.1. The molecule has 2 nitrogen and oxygen atoms in total. The van der Waals surface area contributed by atoms with E-state index in [0.717, 1.165) is 12.8 Å². The second kappa shape index (κ2) is 3.90. The van der Waals surface area contributed by atoms with Crippen LogP contribution in [0, 0.1) is 0 Å². The minimum absolute atomic E-state index is 0.325. The smallest absolute Gasteiger partial charge is 0.0981 e. The summed E-state index contributed by atoms with van der Waals surface area (Å²) < 4.78 is 0. The van der Waals surface area contributed by atoms with E-state index in [9.17, 15) is 0 Å². The molecule has 2 atom stereocenters. The average molecular weight is 256 g/mol. The third-order valence-electron chi connectivity index (χ3n) is 4.22. The Kier molecular flexibility index (Phi) is 2.32. The molecule has 0 amide bonds. The molecule has 1 saturated carbocycles. The molecule has 0 spiro atoms. The van der Waals surface area contributed by atoms with Crippen LogP contribution in [0.3, 0.4) is 0 Å². The highest BCUT2D eigenvalue weighted by Crippen LogP contribution is 2.43. The first-order valence-electron chi connectivity index (χ1n) is 6.66. The second-order valence-electron chi connectivity index (χ2n) is 5.36. The van der Waals surface area contributed by atoms with Crippen LogP contribution >= 0.6 is 11.3 Å². The molecule has 92 valence electrons. The first-order chi connectivity index (χ1) is 8.83. The van der Waals surface area contributed by atoms with Gasteiger partial charge in [0.15, 0.2) is 0 Å². The molecule has 2 unspecified atom stereocenters. The van der Waals surface area contributed by atoms with Gasteiger partial charge < -0.3 is 5.73 Å². The van der Waals surface area contributed by atoms with Crippen LogP contribution in [0.1, 0.15) is 40.6 Å². The Bertz CT molecular complexity index is 602. The summed E-state index contributed by atoms with van der Waals surface area (Å²) in [4.78, 5) is 6.34. The number of rotatable bonds is 1. The van der Waals surface area contributed by atoms with Gasteiger partial charge in [0.25, 0.3) is 0 Å². The fourth-order valence-corrected chi connectivity index (χ4v) is 4.55. The largest absolute Gasteiger partial charge is 0.327 e. The zero-order valence-corrected chi connectivity index (χ0v) is 11.0. The Morgan fingerprint density at radius 3 is 2.94 bits per heavy atom. The zero-order valence-electron chi connectivity index (χ0n) is 10.2. The molecule has 0 saturated heterocycles. The molecular weight excluding hydrogens is 240 g/mol. The summed E-state index contributed by atoms with van der Waals surface area (Å²) in [6.07, 6.45) is 4.69. The minimum atomic E-state index is 0.325. The van der Waals surface area contributed by atoms with Gasteiger partial charge in [-0.05, 0) is 18.4 Å². The van der Waals surface area contributed by atoms with E-state index < -0.39 is 0 Å². The van der Waals surface area contributed by atoms with Crippen molar-refractivity contribution < 1.29 is 0 Å². The summed E-state index contributed by atoms with van der Waals surface area (Å²) in [6.45, 7) is 0. The molecule has 1 aromatic heterocycles. The number of benzene rings is 1. The number of aromatic nitrogens is 1. The van der Waals surface area contributed by atoms with Crippen molar-refractivity contribution in [2.24, 2.45) is 5.73 Å². The summed E-state index contributed by atoms with van der Waals surface area (Å²) in [6, 6.07) is 8.95. The number of hydrogen-bond acceptors (Lipinski definition) is 3. The predicted molar refractivity (Wildman–Crippen MR) is 74.9 cm³/mol. The molecular formula is C15H16N2S. The van der Waals surface area contributed by atoms with Gasteiger partial charge in [-0.2, -0.15) is 0 Å². The molecule has 4 rings (SSSR count). The van der Waals surface area contributed by atoms with E-state index in [1.807, 2.05) is 11.3 Å². The monoisotopic (exact) mass is 256 g/mol. The molecule has 1 aromatic carbocycles. The first-order valence-corrected chi connectivity index (χ1v) is 7.48. The Morgan fingerprint density at radius 2 is 2.11 bits per heavy atom. The van der Waals surface area contributed by atoms with Gasteiger partial charge in [0, 0.05) is 28.8 Å². The van der Waals surface area contributed by atoms with Gasteiger partial charge in [-0.15, -0.1) is 11.3 Å². The van der Waals surface area contributed by atoms with Crippen LogP contribution in [0.2, 0.25) is 0 Å². The maximum absolute atomic E-state index is 6.19. The molecule has 1 heterocycles. The van der Waals surface area contributed by atoms with Gasteiger partial charge in [0.1, 0.15) is 0 Å². The van der Waals surface area contributed by atoms with E-state index in [1.165, 1.54) is 39.5 Å². The number of hydrogen-bond donors (Lipinski definition) is 1. The Labute approximate surface area is 111 Å².